The third kappa shape index (κ3) is 3.78. The predicted octanol–water partition coefficient (Wildman–Crippen LogP) is 6.74. The molecular formula is C34H32N2O4. The van der Waals surface area contributed by atoms with E-state index in [1.807, 2.05) is 72.8 Å². The summed E-state index contributed by atoms with van der Waals surface area (Å²) >= 11 is 0. The van der Waals surface area contributed by atoms with Gasteiger partial charge in [-0.1, -0.05) is 54.6 Å². The van der Waals surface area contributed by atoms with Crippen molar-refractivity contribution in [1.82, 2.24) is 0 Å². The Morgan fingerprint density at radius 1 is 0.875 bits per heavy atom. The average Bonchev–Trinajstić information content (AvgIpc) is 3.49. The zero-order valence-corrected chi connectivity index (χ0v) is 22.7. The van der Waals surface area contributed by atoms with E-state index in [0.29, 0.717) is 30.2 Å². The lowest BCUT2D eigenvalue weighted by atomic mass is 9.77. The number of rotatable bonds is 6. The molecular weight excluding hydrogens is 500 g/mol. The fourth-order valence-electron chi connectivity index (χ4n) is 6.50. The van der Waals surface area contributed by atoms with Crippen LogP contribution in [0.2, 0.25) is 0 Å². The zero-order valence-electron chi connectivity index (χ0n) is 22.7. The molecule has 6 nitrogen and oxygen atoms in total. The summed E-state index contributed by atoms with van der Waals surface area (Å²) in [5.41, 5.74) is 3.75. The van der Waals surface area contributed by atoms with Gasteiger partial charge in [0.05, 0.1) is 11.6 Å². The van der Waals surface area contributed by atoms with Gasteiger partial charge in [-0.3, -0.25) is 0 Å². The first-order valence-electron chi connectivity index (χ1n) is 14.0. The molecule has 4 aromatic rings. The first-order chi connectivity index (χ1) is 19.5. The maximum Gasteiger partial charge on any atom is 0.340 e. The van der Waals surface area contributed by atoms with Crippen LogP contribution in [-0.2, 0) is 15.1 Å². The topological polar surface area (TPSA) is 60.0 Å². The first-order valence-corrected chi connectivity index (χ1v) is 14.0. The van der Waals surface area contributed by atoms with Crippen molar-refractivity contribution in [2.75, 3.05) is 29.9 Å². The standard InChI is InChI=1S/C34H32N2O4/c1-3-36(22-33(2)31(19-20-38-33)35-23-11-5-4-6-12-23)24-17-18-30-28(21-24)34(27-15-9-10-16-29(27)39-30)26-14-8-7-13-25(26)32(37)40-34/h4-18,21,31,35H,3,19-20,22H2,1-2H3. The third-order valence-electron chi connectivity index (χ3n) is 8.54. The molecule has 40 heavy (non-hydrogen) atoms. The second kappa shape index (κ2) is 9.42. The Kier molecular flexibility index (Phi) is 5.82. The molecule has 3 aliphatic rings. The molecule has 4 aromatic carbocycles. The van der Waals surface area contributed by atoms with Gasteiger partial charge < -0.3 is 24.4 Å². The Hall–Kier alpha value is -4.29. The van der Waals surface area contributed by atoms with E-state index in [0.717, 1.165) is 41.0 Å². The quantitative estimate of drug-likeness (QED) is 0.278. The molecule has 3 atom stereocenters. The largest absolute Gasteiger partial charge is 0.456 e. The van der Waals surface area contributed by atoms with Crippen LogP contribution in [0.4, 0.5) is 11.4 Å². The van der Waals surface area contributed by atoms with Gasteiger partial charge in [0.15, 0.2) is 5.60 Å². The number of hydrogen-bond acceptors (Lipinski definition) is 6. The Morgan fingerprint density at radius 2 is 1.60 bits per heavy atom. The minimum Gasteiger partial charge on any atom is -0.456 e. The Bertz CT molecular complexity index is 1590. The number of carbonyl (C=O) groups excluding carboxylic acids is 1. The number of anilines is 2. The highest BCUT2D eigenvalue weighted by Gasteiger charge is 2.53. The lowest BCUT2D eigenvalue weighted by Gasteiger charge is -2.39. The highest BCUT2D eigenvalue weighted by Crippen LogP contribution is 2.56. The second-order valence-electron chi connectivity index (χ2n) is 10.9. The number of para-hydroxylation sites is 2. The van der Waals surface area contributed by atoms with Crippen LogP contribution in [-0.4, -0.2) is 37.3 Å². The van der Waals surface area contributed by atoms with E-state index in [4.69, 9.17) is 14.2 Å². The first kappa shape index (κ1) is 24.7. The molecule has 0 aliphatic carbocycles. The molecule has 1 N–H and O–H groups in total. The van der Waals surface area contributed by atoms with Crippen molar-refractivity contribution in [2.24, 2.45) is 0 Å². The second-order valence-corrected chi connectivity index (χ2v) is 10.9. The van der Waals surface area contributed by atoms with Crippen LogP contribution in [0.5, 0.6) is 11.5 Å². The summed E-state index contributed by atoms with van der Waals surface area (Å²) < 4.78 is 19.1. The number of nitrogens with zero attached hydrogens (tertiary/aromatic N) is 1. The summed E-state index contributed by atoms with van der Waals surface area (Å²) in [4.78, 5) is 15.5. The molecule has 3 heterocycles. The third-order valence-corrected chi connectivity index (χ3v) is 8.54. The number of hydrogen-bond donors (Lipinski definition) is 1. The van der Waals surface area contributed by atoms with Crippen LogP contribution in [0.1, 0.15) is 47.3 Å². The molecule has 1 fully saturated rings. The fraction of sp³-hybridized carbons (Fsp3) is 0.265. The van der Waals surface area contributed by atoms with Gasteiger partial charge in [-0.15, -0.1) is 0 Å². The van der Waals surface area contributed by atoms with E-state index in [2.05, 4.69) is 48.3 Å². The SMILES string of the molecule is CCN(CC1(C)OCCC1Nc1ccccc1)c1ccc2c(c1)C1(OC(=O)c3ccccc31)c1ccccc1O2. The molecule has 0 saturated carbocycles. The maximum absolute atomic E-state index is 13.2. The minimum absolute atomic E-state index is 0.172. The van der Waals surface area contributed by atoms with Crippen molar-refractivity contribution in [3.63, 3.8) is 0 Å². The van der Waals surface area contributed by atoms with E-state index in [-0.39, 0.29) is 12.0 Å². The lowest BCUT2D eigenvalue weighted by Crippen LogP contribution is -2.50. The van der Waals surface area contributed by atoms with Gasteiger partial charge in [-0.05, 0) is 62.7 Å². The molecule has 202 valence electrons. The molecule has 1 saturated heterocycles. The molecule has 7 rings (SSSR count). The summed E-state index contributed by atoms with van der Waals surface area (Å²) in [6.07, 6.45) is 0.938. The Labute approximate surface area is 234 Å². The summed E-state index contributed by atoms with van der Waals surface area (Å²) in [7, 11) is 0. The highest BCUT2D eigenvalue weighted by atomic mass is 16.6. The normalized spacial score (nSPS) is 24.1. The van der Waals surface area contributed by atoms with Crippen molar-refractivity contribution in [1.29, 1.82) is 0 Å². The van der Waals surface area contributed by atoms with Gasteiger partial charge >= 0.3 is 5.97 Å². The summed E-state index contributed by atoms with van der Waals surface area (Å²) in [6, 6.07) is 32.2. The average molecular weight is 533 g/mol. The van der Waals surface area contributed by atoms with E-state index >= 15 is 0 Å². The number of esters is 1. The van der Waals surface area contributed by atoms with E-state index in [1.165, 1.54) is 0 Å². The molecule has 1 spiro atoms. The van der Waals surface area contributed by atoms with Crippen molar-refractivity contribution >= 4 is 17.3 Å². The number of likely N-dealkylation sites (N-methyl/N-ethyl adjacent to an activating group) is 1. The van der Waals surface area contributed by atoms with Gasteiger partial charge in [-0.25, -0.2) is 4.79 Å². The van der Waals surface area contributed by atoms with Gasteiger partial charge in [-0.2, -0.15) is 0 Å². The smallest absolute Gasteiger partial charge is 0.340 e. The lowest BCUT2D eigenvalue weighted by molar-refractivity contribution is 0.0213. The zero-order chi connectivity index (χ0) is 27.3. The van der Waals surface area contributed by atoms with Crippen LogP contribution in [0.25, 0.3) is 0 Å². The van der Waals surface area contributed by atoms with Gasteiger partial charge in [0.25, 0.3) is 0 Å². The van der Waals surface area contributed by atoms with E-state index in [1.54, 1.807) is 0 Å². The number of fused-ring (bicyclic) bond motifs is 6. The number of carbonyl (C=O) groups is 1. The van der Waals surface area contributed by atoms with Crippen molar-refractivity contribution in [3.8, 4) is 11.5 Å². The number of benzene rings is 4. The Balaban J connectivity index is 1.28. The molecule has 0 bridgehead atoms. The maximum atomic E-state index is 13.2. The van der Waals surface area contributed by atoms with Gasteiger partial charge in [0, 0.05) is 47.8 Å². The molecule has 0 amide bonds. The summed E-state index contributed by atoms with van der Waals surface area (Å²) in [5.74, 6) is 1.06. The van der Waals surface area contributed by atoms with Crippen molar-refractivity contribution < 1.29 is 19.0 Å². The molecule has 6 heteroatoms. The monoisotopic (exact) mass is 532 g/mol. The van der Waals surface area contributed by atoms with Crippen LogP contribution in [0, 0.1) is 0 Å². The van der Waals surface area contributed by atoms with Crippen molar-refractivity contribution in [3.05, 3.63) is 119 Å². The van der Waals surface area contributed by atoms with Gasteiger partial charge in [0.1, 0.15) is 17.1 Å². The van der Waals surface area contributed by atoms with Gasteiger partial charge in [0.2, 0.25) is 0 Å². The van der Waals surface area contributed by atoms with Crippen LogP contribution < -0.4 is 15.0 Å². The van der Waals surface area contributed by atoms with E-state index < -0.39 is 11.2 Å². The highest BCUT2D eigenvalue weighted by molar-refractivity contribution is 5.97. The molecule has 0 aromatic heterocycles. The number of ether oxygens (including phenoxy) is 3. The summed E-state index contributed by atoms with van der Waals surface area (Å²) in [6.45, 7) is 6.55. The molecule has 3 aliphatic heterocycles. The van der Waals surface area contributed by atoms with E-state index in [9.17, 15) is 4.79 Å². The van der Waals surface area contributed by atoms with Crippen LogP contribution >= 0.6 is 0 Å². The molecule has 3 unspecified atom stereocenters. The molecule has 0 radical (unpaired) electrons. The predicted molar refractivity (Wildman–Crippen MR) is 155 cm³/mol. The fourth-order valence-corrected chi connectivity index (χ4v) is 6.50. The summed E-state index contributed by atoms with van der Waals surface area (Å²) in [5, 5.41) is 3.70. The van der Waals surface area contributed by atoms with Crippen LogP contribution in [0.3, 0.4) is 0 Å². The number of nitrogens with one attached hydrogen (secondary N) is 1. The van der Waals surface area contributed by atoms with Crippen molar-refractivity contribution in [2.45, 2.75) is 37.5 Å². The Morgan fingerprint density at radius 3 is 2.42 bits per heavy atom. The minimum atomic E-state index is -1.07. The van der Waals surface area contributed by atoms with Crippen LogP contribution in [0.15, 0.2) is 97.1 Å².